The van der Waals surface area contributed by atoms with Gasteiger partial charge < -0.3 is 19.6 Å². The molecule has 27 heavy (non-hydrogen) atoms. The molecule has 2 aromatic rings. The Hall–Kier alpha value is -2.64. The van der Waals surface area contributed by atoms with E-state index in [-0.39, 0.29) is 0 Å². The Morgan fingerprint density at radius 2 is 1.70 bits per heavy atom. The molecule has 0 spiro atoms. The number of carbonyl (C=O) groups excluding carboxylic acids is 1. The second-order valence-corrected chi connectivity index (χ2v) is 7.42. The lowest BCUT2D eigenvalue weighted by Gasteiger charge is -2.24. The van der Waals surface area contributed by atoms with Crippen LogP contribution in [0.25, 0.3) is 0 Å². The fourth-order valence-electron chi connectivity index (χ4n) is 2.93. The number of hydrogen-bond donors (Lipinski definition) is 2. The van der Waals surface area contributed by atoms with E-state index in [0.29, 0.717) is 16.7 Å². The molecule has 1 heterocycles. The zero-order valence-electron chi connectivity index (χ0n) is 15.5. The Morgan fingerprint density at radius 3 is 2.26 bits per heavy atom. The topological polar surface area (TPSA) is 88.4 Å². The van der Waals surface area contributed by atoms with E-state index in [4.69, 9.17) is 9.57 Å². The molecule has 0 fully saturated rings. The summed E-state index contributed by atoms with van der Waals surface area (Å²) in [6, 6.07) is 15.9. The third-order valence-electron chi connectivity index (χ3n) is 4.16. The molecule has 2 atom stereocenters. The molecule has 0 bridgehead atoms. The van der Waals surface area contributed by atoms with Gasteiger partial charge in [-0.1, -0.05) is 59.8 Å². The molecule has 0 aliphatic carbocycles. The molecule has 140 valence electrons. The molecular weight excluding hydrogens is 345 g/mol. The molecule has 0 radical (unpaired) electrons. The minimum atomic E-state index is -1.55. The second kappa shape index (κ2) is 7.54. The molecule has 2 N–H and O–H groups in total. The van der Waals surface area contributed by atoms with Crippen molar-refractivity contribution in [3.63, 3.8) is 0 Å². The molecule has 6 nitrogen and oxygen atoms in total. The summed E-state index contributed by atoms with van der Waals surface area (Å²) in [6.45, 7) is 5.44. The van der Waals surface area contributed by atoms with Gasteiger partial charge in [-0.25, -0.2) is 0 Å². The Morgan fingerprint density at radius 1 is 1.07 bits per heavy atom. The van der Waals surface area contributed by atoms with Crippen LogP contribution in [0.1, 0.15) is 38.0 Å². The summed E-state index contributed by atoms with van der Waals surface area (Å²) in [7, 11) is -1.55. The van der Waals surface area contributed by atoms with Crippen molar-refractivity contribution >= 4 is 24.3 Å². The quantitative estimate of drug-likeness (QED) is 0.636. The molecule has 2 aromatic carbocycles. The van der Waals surface area contributed by atoms with Gasteiger partial charge in [-0.15, -0.1) is 0 Å². The highest BCUT2D eigenvalue weighted by atomic mass is 16.6. The fraction of sp³-hybridized carbons (Fsp3) is 0.300. The number of oxime groups is 1. The van der Waals surface area contributed by atoms with Crippen molar-refractivity contribution in [1.29, 1.82) is 0 Å². The van der Waals surface area contributed by atoms with Crippen LogP contribution in [0.15, 0.2) is 59.8 Å². The molecule has 3 rings (SSSR count). The maximum Gasteiger partial charge on any atom is 0.488 e. The predicted molar refractivity (Wildman–Crippen MR) is 102 cm³/mol. The van der Waals surface area contributed by atoms with Crippen LogP contribution >= 0.6 is 0 Å². The molecule has 0 amide bonds. The fourth-order valence-corrected chi connectivity index (χ4v) is 2.93. The van der Waals surface area contributed by atoms with Crippen LogP contribution < -0.4 is 5.46 Å². The molecule has 7 heteroatoms. The third kappa shape index (κ3) is 4.38. The standard InChI is InChI=1S/C20H22BNO5/c1-20(2,3)26-19(23)16-17(13-7-5-4-6-8-13)22-27-18(16)14-9-11-15(12-10-14)21(24)25/h4-12,16,18,24-25H,1-3H3/t16-,18+/m1/s1. The van der Waals surface area contributed by atoms with Crippen LogP contribution in [0.2, 0.25) is 0 Å². The molecule has 0 unspecified atom stereocenters. The Bertz CT molecular complexity index is 828. The van der Waals surface area contributed by atoms with Crippen molar-refractivity contribution < 1.29 is 24.4 Å². The highest BCUT2D eigenvalue weighted by Crippen LogP contribution is 2.36. The molecule has 0 saturated carbocycles. The molecule has 0 aromatic heterocycles. The van der Waals surface area contributed by atoms with Gasteiger partial charge in [0.1, 0.15) is 17.2 Å². The number of carbonyl (C=O) groups is 1. The minimum absolute atomic E-state index is 0.356. The van der Waals surface area contributed by atoms with Crippen LogP contribution in [-0.2, 0) is 14.4 Å². The van der Waals surface area contributed by atoms with Crippen molar-refractivity contribution in [3.8, 4) is 0 Å². The number of hydrogen-bond acceptors (Lipinski definition) is 6. The van der Waals surface area contributed by atoms with Crippen molar-refractivity contribution in [2.24, 2.45) is 11.1 Å². The van der Waals surface area contributed by atoms with Gasteiger partial charge in [0.05, 0.1) is 0 Å². The summed E-state index contributed by atoms with van der Waals surface area (Å²) >= 11 is 0. The van der Waals surface area contributed by atoms with Gasteiger partial charge in [0.2, 0.25) is 0 Å². The first-order chi connectivity index (χ1) is 12.8. The SMILES string of the molecule is CC(C)(C)OC(=O)[C@@H]1C(c2ccccc2)=NO[C@H]1c1ccc(B(O)O)cc1. The zero-order chi connectivity index (χ0) is 19.6. The van der Waals surface area contributed by atoms with Crippen molar-refractivity contribution in [2.45, 2.75) is 32.5 Å². The van der Waals surface area contributed by atoms with E-state index in [1.165, 1.54) is 0 Å². The van der Waals surface area contributed by atoms with Crippen LogP contribution in [0.5, 0.6) is 0 Å². The van der Waals surface area contributed by atoms with Gasteiger partial charge in [0.15, 0.2) is 6.10 Å². The van der Waals surface area contributed by atoms with Gasteiger partial charge in [-0.3, -0.25) is 4.79 Å². The number of ether oxygens (including phenoxy) is 1. The summed E-state index contributed by atoms with van der Waals surface area (Å²) in [5.41, 5.74) is 1.72. The zero-order valence-corrected chi connectivity index (χ0v) is 15.5. The lowest BCUT2D eigenvalue weighted by Crippen LogP contribution is -2.35. The van der Waals surface area contributed by atoms with E-state index < -0.39 is 30.7 Å². The normalized spacial score (nSPS) is 19.2. The first-order valence-corrected chi connectivity index (χ1v) is 8.74. The van der Waals surface area contributed by atoms with Gasteiger partial charge >= 0.3 is 13.1 Å². The largest absolute Gasteiger partial charge is 0.488 e. The molecule has 1 aliphatic heterocycles. The number of esters is 1. The summed E-state index contributed by atoms with van der Waals surface area (Å²) in [6.07, 6.45) is -0.653. The second-order valence-electron chi connectivity index (χ2n) is 7.42. The van der Waals surface area contributed by atoms with Crippen molar-refractivity contribution in [3.05, 3.63) is 65.7 Å². The first kappa shape index (κ1) is 19.1. The highest BCUT2D eigenvalue weighted by Gasteiger charge is 2.43. The average Bonchev–Trinajstić information content (AvgIpc) is 3.06. The molecule has 1 aliphatic rings. The smallest absolute Gasteiger partial charge is 0.459 e. The van der Waals surface area contributed by atoms with Crippen LogP contribution in [-0.4, -0.2) is 34.4 Å². The average molecular weight is 367 g/mol. The monoisotopic (exact) mass is 367 g/mol. The number of rotatable bonds is 4. The summed E-state index contributed by atoms with van der Waals surface area (Å²) < 4.78 is 5.61. The summed E-state index contributed by atoms with van der Waals surface area (Å²) in [5.74, 6) is -1.14. The molecular formula is C20H22BNO5. The van der Waals surface area contributed by atoms with Crippen molar-refractivity contribution in [1.82, 2.24) is 0 Å². The van der Waals surface area contributed by atoms with Crippen molar-refractivity contribution in [2.75, 3.05) is 0 Å². The van der Waals surface area contributed by atoms with E-state index in [9.17, 15) is 14.8 Å². The lowest BCUT2D eigenvalue weighted by molar-refractivity contribution is -0.160. The minimum Gasteiger partial charge on any atom is -0.459 e. The molecule has 0 saturated heterocycles. The van der Waals surface area contributed by atoms with Crippen LogP contribution in [0, 0.1) is 5.92 Å². The van der Waals surface area contributed by atoms with Gasteiger partial charge in [-0.05, 0) is 31.8 Å². The van der Waals surface area contributed by atoms with E-state index in [1.54, 1.807) is 24.3 Å². The maximum absolute atomic E-state index is 12.9. The maximum atomic E-state index is 12.9. The van der Waals surface area contributed by atoms with Gasteiger partial charge in [-0.2, -0.15) is 0 Å². The third-order valence-corrected chi connectivity index (χ3v) is 4.16. The van der Waals surface area contributed by atoms with E-state index >= 15 is 0 Å². The van der Waals surface area contributed by atoms with E-state index in [0.717, 1.165) is 5.56 Å². The highest BCUT2D eigenvalue weighted by molar-refractivity contribution is 6.58. The van der Waals surface area contributed by atoms with Gasteiger partial charge in [0.25, 0.3) is 0 Å². The van der Waals surface area contributed by atoms with Crippen LogP contribution in [0.3, 0.4) is 0 Å². The summed E-state index contributed by atoms with van der Waals surface area (Å²) in [4.78, 5) is 18.6. The van der Waals surface area contributed by atoms with Crippen LogP contribution in [0.4, 0.5) is 0 Å². The van der Waals surface area contributed by atoms with E-state index in [2.05, 4.69) is 5.16 Å². The summed E-state index contributed by atoms with van der Waals surface area (Å²) in [5, 5.41) is 22.7. The van der Waals surface area contributed by atoms with E-state index in [1.807, 2.05) is 51.1 Å². The lowest BCUT2D eigenvalue weighted by atomic mass is 9.79. The number of benzene rings is 2. The Balaban J connectivity index is 1.95. The first-order valence-electron chi connectivity index (χ1n) is 8.74. The number of nitrogens with zero attached hydrogens (tertiary/aromatic N) is 1. The Labute approximate surface area is 158 Å². The predicted octanol–water partition coefficient (Wildman–Crippen LogP) is 1.80. The van der Waals surface area contributed by atoms with Gasteiger partial charge in [0, 0.05) is 5.56 Å². The Kier molecular flexibility index (Phi) is 5.35.